The number of alkyl halides is 3. The molecular weight excluding hydrogens is 545 g/mol. The number of nitrogens with one attached hydrogen (secondary N) is 2. The summed E-state index contributed by atoms with van der Waals surface area (Å²) in [6.45, 7) is 13.6. The van der Waals surface area contributed by atoms with Crippen molar-refractivity contribution in [1.82, 2.24) is 0 Å². The maximum Gasteiger partial charge on any atom is 0.416 e. The van der Waals surface area contributed by atoms with Gasteiger partial charge in [0, 0.05) is 16.7 Å². The molecule has 0 aliphatic heterocycles. The summed E-state index contributed by atoms with van der Waals surface area (Å²) in [5.74, 6) is -0.115. The topological polar surface area (TPSA) is 84.5 Å². The Morgan fingerprint density at radius 3 is 1.95 bits per heavy atom. The van der Waals surface area contributed by atoms with Crippen molar-refractivity contribution in [2.24, 2.45) is 0 Å². The molecule has 3 aromatic carbocycles. The molecule has 6 nitrogen and oxygen atoms in total. The van der Waals surface area contributed by atoms with Gasteiger partial charge in [0.2, 0.25) is 0 Å². The number of anilines is 2. The molecule has 3 rings (SSSR count). The second-order valence-electron chi connectivity index (χ2n) is 10.5. The van der Waals surface area contributed by atoms with Gasteiger partial charge in [0.25, 0.3) is 24.2 Å². The number of hydrogen-bond acceptors (Lipinski definition) is 4. The number of rotatable bonds is 8. The molecule has 208 valence electrons. The van der Waals surface area contributed by atoms with E-state index in [4.69, 9.17) is 4.43 Å². The summed E-state index contributed by atoms with van der Waals surface area (Å²) in [5.41, 5.74) is 1.28. The molecule has 0 fully saturated rings. The third-order valence-electron chi connectivity index (χ3n) is 6.57. The summed E-state index contributed by atoms with van der Waals surface area (Å²) in [5, 5.41) is 3.38. The molecule has 0 radical (unpaired) electrons. The van der Waals surface area contributed by atoms with E-state index in [0.717, 1.165) is 17.5 Å². The second-order valence-corrected chi connectivity index (χ2v) is 16.8. The number of carbonyl (C=O) groups is 1. The van der Waals surface area contributed by atoms with Gasteiger partial charge < -0.3 is 9.74 Å². The van der Waals surface area contributed by atoms with Crippen LogP contribution in [0.25, 0.3) is 11.1 Å². The zero-order valence-electron chi connectivity index (χ0n) is 22.3. The van der Waals surface area contributed by atoms with Crippen LogP contribution in [0, 0.1) is 0 Å². The SMILES string of the molecule is C=CS(=O)(=O)Nc1cc(NC(=O)c2ccc(-c3ccc(C(F)(F)F)cc3)cc2)ccc1O[Si](C)(C)C(C)(C)C. The highest BCUT2D eigenvalue weighted by Gasteiger charge is 2.39. The molecule has 11 heteroatoms. The minimum atomic E-state index is -4.42. The molecular formula is C28H31F3N2O4SSi. The van der Waals surface area contributed by atoms with Gasteiger partial charge in [-0.05, 0) is 71.7 Å². The lowest BCUT2D eigenvalue weighted by atomic mass is 10.0. The van der Waals surface area contributed by atoms with Crippen molar-refractivity contribution in [1.29, 1.82) is 0 Å². The highest BCUT2D eigenvalue weighted by molar-refractivity contribution is 7.95. The summed E-state index contributed by atoms with van der Waals surface area (Å²) in [4.78, 5) is 12.9. The summed E-state index contributed by atoms with van der Waals surface area (Å²) < 4.78 is 71.7. The van der Waals surface area contributed by atoms with E-state index in [1.165, 1.54) is 18.2 Å². The Morgan fingerprint density at radius 2 is 1.46 bits per heavy atom. The van der Waals surface area contributed by atoms with Crippen LogP contribution in [0.15, 0.2) is 78.7 Å². The lowest BCUT2D eigenvalue weighted by Crippen LogP contribution is -2.44. The van der Waals surface area contributed by atoms with Crippen LogP contribution >= 0.6 is 0 Å². The van der Waals surface area contributed by atoms with Gasteiger partial charge in [-0.3, -0.25) is 9.52 Å². The molecule has 0 spiro atoms. The minimum absolute atomic E-state index is 0.138. The predicted octanol–water partition coefficient (Wildman–Crippen LogP) is 7.89. The second kappa shape index (κ2) is 10.9. The van der Waals surface area contributed by atoms with Crippen molar-refractivity contribution in [3.63, 3.8) is 0 Å². The summed E-state index contributed by atoms with van der Waals surface area (Å²) >= 11 is 0. The fourth-order valence-corrected chi connectivity index (χ4v) is 4.85. The Balaban J connectivity index is 1.83. The van der Waals surface area contributed by atoms with Gasteiger partial charge in [-0.2, -0.15) is 13.2 Å². The van der Waals surface area contributed by atoms with E-state index >= 15 is 0 Å². The molecule has 0 saturated heterocycles. The number of amides is 1. The van der Waals surface area contributed by atoms with Crippen molar-refractivity contribution in [3.05, 3.63) is 89.8 Å². The average molecular weight is 577 g/mol. The van der Waals surface area contributed by atoms with Crippen LogP contribution in [0.2, 0.25) is 18.1 Å². The van der Waals surface area contributed by atoms with E-state index in [1.807, 2.05) is 13.1 Å². The number of carbonyl (C=O) groups excluding carboxylic acids is 1. The quantitative estimate of drug-likeness (QED) is 0.267. The normalized spacial score (nSPS) is 12.5. The van der Waals surface area contributed by atoms with Crippen molar-refractivity contribution >= 4 is 35.6 Å². The monoisotopic (exact) mass is 576 g/mol. The Labute approximate surface area is 228 Å². The van der Waals surface area contributed by atoms with Crippen molar-refractivity contribution in [2.75, 3.05) is 10.0 Å². The minimum Gasteiger partial charge on any atom is -0.542 e. The standard InChI is InChI=1S/C28H31F3N2O4SSi/c1-7-38(35,36)33-24-18-23(16-17-25(24)37-39(5,6)27(2,3)4)32-26(34)21-10-8-19(9-11-21)20-12-14-22(15-13-20)28(29,30)31/h7-18,33H,1H2,2-6H3,(H,32,34). The van der Waals surface area contributed by atoms with Crippen LogP contribution in [0.1, 0.15) is 36.7 Å². The van der Waals surface area contributed by atoms with E-state index in [9.17, 15) is 26.4 Å². The molecule has 3 aromatic rings. The first-order valence-corrected chi connectivity index (χ1v) is 16.4. The lowest BCUT2D eigenvalue weighted by Gasteiger charge is -2.37. The molecule has 0 atom stereocenters. The molecule has 0 aliphatic carbocycles. The third kappa shape index (κ3) is 7.51. The molecule has 0 bridgehead atoms. The third-order valence-corrected chi connectivity index (χ3v) is 11.9. The number of sulfonamides is 1. The molecule has 1 amide bonds. The summed E-state index contributed by atoms with van der Waals surface area (Å²) in [6, 6.07) is 15.8. The molecule has 0 aromatic heterocycles. The highest BCUT2D eigenvalue weighted by atomic mass is 32.2. The van der Waals surface area contributed by atoms with Gasteiger partial charge in [-0.1, -0.05) is 51.6 Å². The maximum absolute atomic E-state index is 12.9. The van der Waals surface area contributed by atoms with E-state index in [2.05, 4.69) is 37.4 Å². The largest absolute Gasteiger partial charge is 0.542 e. The van der Waals surface area contributed by atoms with E-state index in [-0.39, 0.29) is 10.7 Å². The number of benzene rings is 3. The van der Waals surface area contributed by atoms with Gasteiger partial charge in [0.05, 0.1) is 11.3 Å². The molecule has 0 heterocycles. The van der Waals surface area contributed by atoms with Crippen molar-refractivity contribution in [2.45, 2.75) is 45.1 Å². The zero-order chi connectivity index (χ0) is 29.2. The lowest BCUT2D eigenvalue weighted by molar-refractivity contribution is -0.137. The van der Waals surface area contributed by atoms with Crippen LogP contribution in [0.4, 0.5) is 24.5 Å². The first-order valence-electron chi connectivity index (χ1n) is 12.0. The Hall–Kier alpha value is -3.57. The van der Waals surface area contributed by atoms with Gasteiger partial charge in [-0.15, -0.1) is 0 Å². The molecule has 0 saturated carbocycles. The molecule has 0 unspecified atom stereocenters. The van der Waals surface area contributed by atoms with Crippen LogP contribution in [0.5, 0.6) is 5.75 Å². The smallest absolute Gasteiger partial charge is 0.416 e. The fraction of sp³-hybridized carbons (Fsp3) is 0.250. The van der Waals surface area contributed by atoms with E-state index in [0.29, 0.717) is 28.1 Å². The van der Waals surface area contributed by atoms with Crippen LogP contribution in [-0.4, -0.2) is 22.6 Å². The van der Waals surface area contributed by atoms with Crippen LogP contribution in [-0.2, 0) is 16.2 Å². The van der Waals surface area contributed by atoms with E-state index in [1.54, 1.807) is 36.4 Å². The fourth-order valence-electron chi connectivity index (χ4n) is 3.27. The van der Waals surface area contributed by atoms with Gasteiger partial charge in [0.15, 0.2) is 0 Å². The van der Waals surface area contributed by atoms with Crippen molar-refractivity contribution in [3.8, 4) is 16.9 Å². The number of halogens is 3. The zero-order valence-corrected chi connectivity index (χ0v) is 24.1. The maximum atomic E-state index is 12.9. The van der Waals surface area contributed by atoms with Gasteiger partial charge >= 0.3 is 6.18 Å². The Bertz CT molecular complexity index is 1460. The Morgan fingerprint density at radius 1 is 0.923 bits per heavy atom. The predicted molar refractivity (Wildman–Crippen MR) is 152 cm³/mol. The average Bonchev–Trinajstić information content (AvgIpc) is 2.84. The van der Waals surface area contributed by atoms with Crippen molar-refractivity contribution < 1.29 is 30.8 Å². The highest BCUT2D eigenvalue weighted by Crippen LogP contribution is 2.40. The number of hydrogen-bond donors (Lipinski definition) is 2. The first-order chi connectivity index (χ1) is 17.9. The summed E-state index contributed by atoms with van der Waals surface area (Å²) in [7, 11) is -6.17. The van der Waals surface area contributed by atoms with Gasteiger partial charge in [0.1, 0.15) is 5.75 Å². The van der Waals surface area contributed by atoms with E-state index < -0.39 is 36.0 Å². The molecule has 2 N–H and O–H groups in total. The first kappa shape index (κ1) is 30.0. The van der Waals surface area contributed by atoms with Crippen LogP contribution < -0.4 is 14.5 Å². The van der Waals surface area contributed by atoms with Crippen LogP contribution in [0.3, 0.4) is 0 Å². The summed E-state index contributed by atoms with van der Waals surface area (Å²) in [6.07, 6.45) is -4.42. The van der Waals surface area contributed by atoms with Gasteiger partial charge in [-0.25, -0.2) is 8.42 Å². The Kier molecular flexibility index (Phi) is 8.37. The molecule has 39 heavy (non-hydrogen) atoms. The molecule has 0 aliphatic rings.